The molecule has 24 heavy (non-hydrogen) atoms. The third kappa shape index (κ3) is 2.70. The molecule has 6 heteroatoms. The highest BCUT2D eigenvalue weighted by atomic mass is 32.2. The summed E-state index contributed by atoms with van der Waals surface area (Å²) in [4.78, 5) is 15.2. The number of carbonyl (C=O) groups excluding carboxylic acids is 1. The van der Waals surface area contributed by atoms with Crippen LogP contribution >= 0.6 is 0 Å². The molecular weight excluding hydrogens is 324 g/mol. The zero-order chi connectivity index (χ0) is 16.7. The van der Waals surface area contributed by atoms with E-state index in [2.05, 4.69) is 5.32 Å². The van der Waals surface area contributed by atoms with Gasteiger partial charge in [0.25, 0.3) is 0 Å². The van der Waals surface area contributed by atoms with Crippen LogP contribution in [0.5, 0.6) is 0 Å². The number of carbonyl (C=O) groups is 1. The maximum Gasteiger partial charge on any atom is 0.318 e. The number of benzene rings is 1. The van der Waals surface area contributed by atoms with Crippen LogP contribution in [0.1, 0.15) is 50.1 Å². The molecule has 1 N–H and O–H groups in total. The highest BCUT2D eigenvalue weighted by Crippen LogP contribution is 2.37. The summed E-state index contributed by atoms with van der Waals surface area (Å²) in [6.45, 7) is 0.827. The average Bonchev–Trinajstić information content (AvgIpc) is 3.02. The van der Waals surface area contributed by atoms with Gasteiger partial charge in [0, 0.05) is 12.6 Å². The molecule has 0 aromatic heterocycles. The van der Waals surface area contributed by atoms with E-state index in [1.54, 1.807) is 12.1 Å². The Labute approximate surface area is 143 Å². The Morgan fingerprint density at radius 2 is 1.88 bits per heavy atom. The van der Waals surface area contributed by atoms with Gasteiger partial charge in [0.1, 0.15) is 0 Å². The summed E-state index contributed by atoms with van der Waals surface area (Å²) < 4.78 is 24.5. The molecule has 1 aromatic rings. The Balaban J connectivity index is 1.52. The first kappa shape index (κ1) is 15.9. The van der Waals surface area contributed by atoms with E-state index in [0.717, 1.165) is 24.9 Å². The Kier molecular flexibility index (Phi) is 4.03. The summed E-state index contributed by atoms with van der Waals surface area (Å²) in [7, 11) is -3.21. The molecule has 3 atom stereocenters. The van der Waals surface area contributed by atoms with Crippen molar-refractivity contribution >= 4 is 15.9 Å². The fourth-order valence-electron chi connectivity index (χ4n) is 4.63. The number of fused-ring (bicyclic) bond motifs is 2. The predicted molar refractivity (Wildman–Crippen MR) is 91.5 cm³/mol. The monoisotopic (exact) mass is 348 g/mol. The largest absolute Gasteiger partial charge is 0.331 e. The molecule has 0 bridgehead atoms. The second-order valence-corrected chi connectivity index (χ2v) is 9.32. The molecule has 3 aliphatic rings. The second kappa shape index (κ2) is 6.06. The standard InChI is InChI=1S/C18H24N2O3S/c21-18(20-11-9-13-5-1-3-7-16(13)20)19-15-10-12-24(22,23)17-8-4-2-6-14(15)17/h2,4,6,8,13,15-16H,1,3,5,7,9-12H2,(H,19,21)/t13-,15-,16-/m1/s1. The summed E-state index contributed by atoms with van der Waals surface area (Å²) >= 11 is 0. The molecule has 1 saturated heterocycles. The van der Waals surface area contributed by atoms with Crippen molar-refractivity contribution in [2.24, 2.45) is 5.92 Å². The van der Waals surface area contributed by atoms with Crippen molar-refractivity contribution in [1.29, 1.82) is 0 Å². The number of rotatable bonds is 1. The Morgan fingerprint density at radius 3 is 2.75 bits per heavy atom. The van der Waals surface area contributed by atoms with Crippen molar-refractivity contribution in [2.75, 3.05) is 12.3 Å². The van der Waals surface area contributed by atoms with Crippen molar-refractivity contribution in [3.05, 3.63) is 29.8 Å². The zero-order valence-electron chi connectivity index (χ0n) is 13.8. The van der Waals surface area contributed by atoms with Gasteiger partial charge < -0.3 is 10.2 Å². The van der Waals surface area contributed by atoms with Crippen LogP contribution in [0.4, 0.5) is 4.79 Å². The SMILES string of the molecule is O=C(N[C@@H]1CCS(=O)(=O)c2ccccc21)N1CC[C@H]2CCCC[C@H]21. The minimum absolute atomic E-state index is 0.0245. The molecule has 1 saturated carbocycles. The van der Waals surface area contributed by atoms with Crippen LogP contribution in [-0.2, 0) is 9.84 Å². The Hall–Kier alpha value is -1.56. The van der Waals surface area contributed by atoms with Gasteiger partial charge in [0.15, 0.2) is 9.84 Å². The number of urea groups is 1. The molecular formula is C18H24N2O3S. The summed E-state index contributed by atoms with van der Waals surface area (Å²) in [5.74, 6) is 0.754. The normalized spacial score (nSPS) is 31.2. The summed E-state index contributed by atoms with van der Waals surface area (Å²) in [5.41, 5.74) is 0.733. The van der Waals surface area contributed by atoms with E-state index >= 15 is 0 Å². The highest BCUT2D eigenvalue weighted by Gasteiger charge is 2.39. The minimum atomic E-state index is -3.21. The van der Waals surface area contributed by atoms with E-state index in [1.165, 1.54) is 19.3 Å². The number of amides is 2. The van der Waals surface area contributed by atoms with E-state index in [4.69, 9.17) is 0 Å². The molecule has 0 radical (unpaired) electrons. The van der Waals surface area contributed by atoms with Crippen LogP contribution in [0, 0.1) is 5.92 Å². The van der Waals surface area contributed by atoms with Gasteiger partial charge in [-0.25, -0.2) is 13.2 Å². The summed E-state index contributed by atoms with van der Waals surface area (Å²) in [6, 6.07) is 7.20. The Bertz CT molecular complexity index is 746. The Morgan fingerprint density at radius 1 is 1.08 bits per heavy atom. The first-order valence-electron chi connectivity index (χ1n) is 8.95. The van der Waals surface area contributed by atoms with Gasteiger partial charge in [-0.3, -0.25) is 0 Å². The molecule has 0 unspecified atom stereocenters. The van der Waals surface area contributed by atoms with E-state index in [9.17, 15) is 13.2 Å². The topological polar surface area (TPSA) is 66.5 Å². The number of hydrogen-bond donors (Lipinski definition) is 1. The lowest BCUT2D eigenvalue weighted by molar-refractivity contribution is 0.166. The van der Waals surface area contributed by atoms with Crippen LogP contribution < -0.4 is 5.32 Å². The van der Waals surface area contributed by atoms with E-state index in [1.807, 2.05) is 17.0 Å². The second-order valence-electron chi connectivity index (χ2n) is 7.24. The smallest absolute Gasteiger partial charge is 0.318 e. The van der Waals surface area contributed by atoms with Crippen molar-refractivity contribution in [1.82, 2.24) is 10.2 Å². The van der Waals surface area contributed by atoms with Crippen LogP contribution in [0.15, 0.2) is 29.2 Å². The predicted octanol–water partition coefficient (Wildman–Crippen LogP) is 2.88. The number of likely N-dealkylation sites (tertiary alicyclic amines) is 1. The zero-order valence-corrected chi connectivity index (χ0v) is 14.6. The van der Waals surface area contributed by atoms with Crippen LogP contribution in [-0.4, -0.2) is 37.7 Å². The van der Waals surface area contributed by atoms with Gasteiger partial charge in [-0.05, 0) is 43.2 Å². The molecule has 0 spiro atoms. The van der Waals surface area contributed by atoms with Gasteiger partial charge >= 0.3 is 6.03 Å². The van der Waals surface area contributed by atoms with Crippen molar-refractivity contribution < 1.29 is 13.2 Å². The van der Waals surface area contributed by atoms with Crippen LogP contribution in [0.2, 0.25) is 0 Å². The number of nitrogens with zero attached hydrogens (tertiary/aromatic N) is 1. The highest BCUT2D eigenvalue weighted by molar-refractivity contribution is 7.91. The minimum Gasteiger partial charge on any atom is -0.331 e. The first-order chi connectivity index (χ1) is 11.6. The van der Waals surface area contributed by atoms with Crippen LogP contribution in [0.25, 0.3) is 0 Å². The quantitative estimate of drug-likeness (QED) is 0.848. The maximum absolute atomic E-state index is 12.8. The lowest BCUT2D eigenvalue weighted by Gasteiger charge is -2.34. The molecule has 1 aromatic carbocycles. The molecule has 5 nitrogen and oxygen atoms in total. The van der Waals surface area contributed by atoms with E-state index < -0.39 is 9.84 Å². The fourth-order valence-corrected chi connectivity index (χ4v) is 6.25. The summed E-state index contributed by atoms with van der Waals surface area (Å²) in [5, 5.41) is 3.11. The molecule has 4 rings (SSSR count). The van der Waals surface area contributed by atoms with Gasteiger partial charge in [0.2, 0.25) is 0 Å². The molecule has 1 aliphatic carbocycles. The number of sulfone groups is 1. The van der Waals surface area contributed by atoms with E-state index in [0.29, 0.717) is 23.3 Å². The lowest BCUT2D eigenvalue weighted by Crippen LogP contribution is -2.47. The van der Waals surface area contributed by atoms with Crippen LogP contribution in [0.3, 0.4) is 0 Å². The average molecular weight is 348 g/mol. The van der Waals surface area contributed by atoms with Crippen molar-refractivity contribution in [2.45, 2.75) is 55.5 Å². The third-order valence-electron chi connectivity index (χ3n) is 5.87. The van der Waals surface area contributed by atoms with Crippen molar-refractivity contribution in [3.8, 4) is 0 Å². The lowest BCUT2D eigenvalue weighted by atomic mass is 9.85. The molecule has 2 fully saturated rings. The van der Waals surface area contributed by atoms with Crippen molar-refractivity contribution in [3.63, 3.8) is 0 Å². The third-order valence-corrected chi connectivity index (χ3v) is 7.69. The van der Waals surface area contributed by atoms with E-state index in [-0.39, 0.29) is 17.8 Å². The maximum atomic E-state index is 12.8. The fraction of sp³-hybridized carbons (Fsp3) is 0.611. The number of hydrogen-bond acceptors (Lipinski definition) is 3. The molecule has 2 aliphatic heterocycles. The van der Waals surface area contributed by atoms with Gasteiger partial charge in [-0.2, -0.15) is 0 Å². The molecule has 2 amide bonds. The number of nitrogens with one attached hydrogen (secondary N) is 1. The van der Waals surface area contributed by atoms with Gasteiger partial charge in [0.05, 0.1) is 16.7 Å². The summed E-state index contributed by atoms with van der Waals surface area (Å²) in [6.07, 6.45) is 6.38. The van der Waals surface area contributed by atoms with Gasteiger partial charge in [-0.15, -0.1) is 0 Å². The van der Waals surface area contributed by atoms with Gasteiger partial charge in [-0.1, -0.05) is 31.0 Å². The molecule has 130 valence electrons. The molecule has 2 heterocycles. The first-order valence-corrected chi connectivity index (χ1v) is 10.6.